The molecule has 1 aliphatic rings. The molecule has 5 nitrogen and oxygen atoms in total. The van der Waals surface area contributed by atoms with Gasteiger partial charge in [0, 0.05) is 17.1 Å². The summed E-state index contributed by atoms with van der Waals surface area (Å²) < 4.78 is 0. The first-order valence-corrected chi connectivity index (χ1v) is 8.20. The molecule has 1 aliphatic heterocycles. The molecule has 0 bridgehead atoms. The number of halogens is 1. The van der Waals surface area contributed by atoms with Gasteiger partial charge in [-0.25, -0.2) is 9.59 Å². The van der Waals surface area contributed by atoms with Gasteiger partial charge in [0.15, 0.2) is 6.04 Å². The first-order valence-electron chi connectivity index (χ1n) is 6.67. The second-order valence-corrected chi connectivity index (χ2v) is 6.43. The molecule has 2 amide bonds. The van der Waals surface area contributed by atoms with Crippen LogP contribution in [0.1, 0.15) is 18.0 Å². The van der Waals surface area contributed by atoms with Crippen LogP contribution in [0.3, 0.4) is 0 Å². The van der Waals surface area contributed by atoms with Crippen LogP contribution in [-0.2, 0) is 4.79 Å². The van der Waals surface area contributed by atoms with E-state index in [-0.39, 0.29) is 0 Å². The van der Waals surface area contributed by atoms with Crippen molar-refractivity contribution >= 4 is 35.4 Å². The summed E-state index contributed by atoms with van der Waals surface area (Å²) in [5.74, 6) is 1.47. The summed E-state index contributed by atoms with van der Waals surface area (Å²) >= 11 is 7.86. The Labute approximate surface area is 132 Å². The van der Waals surface area contributed by atoms with Gasteiger partial charge in [-0.05, 0) is 29.9 Å². The van der Waals surface area contributed by atoms with E-state index in [0.717, 1.165) is 17.9 Å². The van der Waals surface area contributed by atoms with Crippen molar-refractivity contribution in [2.45, 2.75) is 12.5 Å². The molecule has 1 heterocycles. The maximum atomic E-state index is 11.9. The Bertz CT molecular complexity index is 521. The van der Waals surface area contributed by atoms with Gasteiger partial charge in [-0.2, -0.15) is 11.8 Å². The Kier molecular flexibility index (Phi) is 5.76. The zero-order valence-corrected chi connectivity index (χ0v) is 12.9. The number of benzene rings is 1. The minimum atomic E-state index is -1.16. The molecule has 7 heteroatoms. The Morgan fingerprint density at radius 1 is 1.43 bits per heavy atom. The maximum Gasteiger partial charge on any atom is 0.331 e. The van der Waals surface area contributed by atoms with Crippen LogP contribution in [0.5, 0.6) is 0 Å². The van der Waals surface area contributed by atoms with E-state index in [1.165, 1.54) is 0 Å². The van der Waals surface area contributed by atoms with Crippen LogP contribution in [0.2, 0.25) is 5.02 Å². The van der Waals surface area contributed by atoms with Gasteiger partial charge in [-0.3, -0.25) is 0 Å². The summed E-state index contributed by atoms with van der Waals surface area (Å²) in [4.78, 5) is 23.2. The first-order chi connectivity index (χ1) is 10.1. The molecule has 1 aromatic rings. The van der Waals surface area contributed by atoms with Crippen LogP contribution < -0.4 is 10.6 Å². The highest BCUT2D eigenvalue weighted by molar-refractivity contribution is 7.99. The van der Waals surface area contributed by atoms with Crippen molar-refractivity contribution in [3.63, 3.8) is 0 Å². The molecule has 1 saturated heterocycles. The number of carbonyl (C=O) groups excluding carboxylic acids is 1. The SMILES string of the molecule is O=C(NCC1CCSC1)N[C@@H](C(=O)O)c1ccccc1Cl. The fraction of sp³-hybridized carbons (Fsp3) is 0.429. The van der Waals surface area contributed by atoms with E-state index in [4.69, 9.17) is 11.6 Å². The molecule has 21 heavy (non-hydrogen) atoms. The number of nitrogens with one attached hydrogen (secondary N) is 2. The van der Waals surface area contributed by atoms with Crippen molar-refractivity contribution in [3.05, 3.63) is 34.9 Å². The van der Waals surface area contributed by atoms with E-state index >= 15 is 0 Å². The standard InChI is InChI=1S/C14H17ClN2O3S/c15-11-4-2-1-3-10(11)12(13(18)19)17-14(20)16-7-9-5-6-21-8-9/h1-4,9,12H,5-8H2,(H,18,19)(H2,16,17,20)/t9?,12-/m1/s1. The summed E-state index contributed by atoms with van der Waals surface area (Å²) in [6.45, 7) is 0.563. The second-order valence-electron chi connectivity index (χ2n) is 4.88. The zero-order chi connectivity index (χ0) is 15.2. The number of aliphatic carboxylic acids is 1. The average molecular weight is 329 g/mol. The highest BCUT2D eigenvalue weighted by Crippen LogP contribution is 2.24. The van der Waals surface area contributed by atoms with E-state index in [1.807, 2.05) is 11.8 Å². The monoisotopic (exact) mass is 328 g/mol. The lowest BCUT2D eigenvalue weighted by Gasteiger charge is -2.17. The summed E-state index contributed by atoms with van der Waals surface area (Å²) in [7, 11) is 0. The van der Waals surface area contributed by atoms with Crippen molar-refractivity contribution in [2.24, 2.45) is 5.92 Å². The zero-order valence-electron chi connectivity index (χ0n) is 11.3. The van der Waals surface area contributed by atoms with E-state index < -0.39 is 18.0 Å². The number of carboxylic acid groups (broad SMARTS) is 1. The predicted molar refractivity (Wildman–Crippen MR) is 83.8 cm³/mol. The van der Waals surface area contributed by atoms with E-state index in [0.29, 0.717) is 23.0 Å². The number of carbonyl (C=O) groups is 2. The summed E-state index contributed by atoms with van der Waals surface area (Å²) in [5, 5.41) is 14.8. The van der Waals surface area contributed by atoms with Crippen LogP contribution in [-0.4, -0.2) is 35.2 Å². The predicted octanol–water partition coefficient (Wildman–Crippen LogP) is 2.52. The topological polar surface area (TPSA) is 78.4 Å². The van der Waals surface area contributed by atoms with Crippen LogP contribution in [0.15, 0.2) is 24.3 Å². The van der Waals surface area contributed by atoms with Crippen molar-refractivity contribution < 1.29 is 14.7 Å². The summed E-state index contributed by atoms with van der Waals surface area (Å²) in [6.07, 6.45) is 1.08. The third-order valence-electron chi connectivity index (χ3n) is 3.31. The largest absolute Gasteiger partial charge is 0.479 e. The van der Waals surface area contributed by atoms with Crippen molar-refractivity contribution in [1.82, 2.24) is 10.6 Å². The van der Waals surface area contributed by atoms with E-state index in [9.17, 15) is 14.7 Å². The molecule has 0 aliphatic carbocycles. The van der Waals surface area contributed by atoms with E-state index in [1.54, 1.807) is 24.3 Å². The normalized spacial score (nSPS) is 19.0. The van der Waals surface area contributed by atoms with Crippen LogP contribution in [0, 0.1) is 5.92 Å². The Balaban J connectivity index is 1.94. The smallest absolute Gasteiger partial charge is 0.331 e. The van der Waals surface area contributed by atoms with Crippen molar-refractivity contribution in [1.29, 1.82) is 0 Å². The van der Waals surface area contributed by atoms with Gasteiger partial charge < -0.3 is 15.7 Å². The average Bonchev–Trinajstić information content (AvgIpc) is 2.96. The lowest BCUT2D eigenvalue weighted by atomic mass is 10.1. The lowest BCUT2D eigenvalue weighted by molar-refractivity contribution is -0.139. The number of thioether (sulfide) groups is 1. The van der Waals surface area contributed by atoms with Gasteiger partial charge in [-0.1, -0.05) is 29.8 Å². The molecule has 1 unspecified atom stereocenters. The fourth-order valence-corrected chi connectivity index (χ4v) is 3.67. The second kappa shape index (κ2) is 7.56. The molecule has 114 valence electrons. The van der Waals surface area contributed by atoms with E-state index in [2.05, 4.69) is 10.6 Å². The quantitative estimate of drug-likeness (QED) is 0.776. The minimum Gasteiger partial charge on any atom is -0.479 e. The number of hydrogen-bond acceptors (Lipinski definition) is 3. The van der Waals surface area contributed by atoms with Crippen molar-refractivity contribution in [3.8, 4) is 0 Å². The molecule has 1 aromatic carbocycles. The molecule has 2 rings (SSSR count). The number of carboxylic acids is 1. The molecule has 0 spiro atoms. The fourth-order valence-electron chi connectivity index (χ4n) is 2.15. The van der Waals surface area contributed by atoms with Gasteiger partial charge in [0.05, 0.1) is 0 Å². The minimum absolute atomic E-state index is 0.317. The Morgan fingerprint density at radius 3 is 2.81 bits per heavy atom. The van der Waals surface area contributed by atoms with Crippen molar-refractivity contribution in [2.75, 3.05) is 18.1 Å². The molecule has 0 aromatic heterocycles. The molecule has 3 N–H and O–H groups in total. The third-order valence-corrected chi connectivity index (χ3v) is 4.89. The molecule has 1 fully saturated rings. The van der Waals surface area contributed by atoms with Gasteiger partial charge in [-0.15, -0.1) is 0 Å². The Morgan fingerprint density at radius 2 is 2.19 bits per heavy atom. The summed E-state index contributed by atoms with van der Waals surface area (Å²) in [6, 6.07) is 4.95. The molecule has 2 atom stereocenters. The van der Waals surface area contributed by atoms with Crippen LogP contribution >= 0.6 is 23.4 Å². The lowest BCUT2D eigenvalue weighted by Crippen LogP contribution is -2.42. The van der Waals surface area contributed by atoms with Gasteiger partial charge in [0.25, 0.3) is 0 Å². The number of urea groups is 1. The van der Waals surface area contributed by atoms with Gasteiger partial charge in [0.2, 0.25) is 0 Å². The number of hydrogen-bond donors (Lipinski definition) is 3. The highest BCUT2D eigenvalue weighted by atomic mass is 35.5. The van der Waals surface area contributed by atoms with Gasteiger partial charge >= 0.3 is 12.0 Å². The number of rotatable bonds is 5. The van der Waals surface area contributed by atoms with Crippen LogP contribution in [0.4, 0.5) is 4.79 Å². The number of amides is 2. The molecule has 0 radical (unpaired) electrons. The molecular formula is C14H17ClN2O3S. The molecular weight excluding hydrogens is 312 g/mol. The first kappa shape index (κ1) is 16.0. The highest BCUT2D eigenvalue weighted by Gasteiger charge is 2.24. The Hall–Kier alpha value is -1.40. The van der Waals surface area contributed by atoms with Gasteiger partial charge in [0.1, 0.15) is 0 Å². The summed E-state index contributed by atoms with van der Waals surface area (Å²) in [5.41, 5.74) is 0.373. The third kappa shape index (κ3) is 4.54. The van der Waals surface area contributed by atoms with Crippen LogP contribution in [0.25, 0.3) is 0 Å². The molecule has 0 saturated carbocycles. The maximum absolute atomic E-state index is 11.9.